The van der Waals surface area contributed by atoms with Crippen molar-refractivity contribution in [2.24, 2.45) is 4.99 Å². The van der Waals surface area contributed by atoms with Crippen LogP contribution in [0, 0.1) is 0 Å². The summed E-state index contributed by atoms with van der Waals surface area (Å²) in [5.41, 5.74) is 1.85. The molecule has 3 amide bonds. The lowest BCUT2D eigenvalue weighted by Crippen LogP contribution is -2.33. The molecule has 2 N–H and O–H groups in total. The molecule has 3 heterocycles. The quantitative estimate of drug-likeness (QED) is 0.631. The number of rotatable bonds is 6. The van der Waals surface area contributed by atoms with E-state index in [4.69, 9.17) is 0 Å². The van der Waals surface area contributed by atoms with Gasteiger partial charge in [-0.15, -0.1) is 11.3 Å². The van der Waals surface area contributed by atoms with E-state index in [0.29, 0.717) is 16.4 Å². The zero-order chi connectivity index (χ0) is 23.4. The number of aliphatic imine (C=N–C) groups is 1. The van der Waals surface area contributed by atoms with Gasteiger partial charge in [0, 0.05) is 36.1 Å². The number of benzene rings is 1. The van der Waals surface area contributed by atoms with Crippen LogP contribution in [0.25, 0.3) is 0 Å². The average Bonchev–Trinajstić information content (AvgIpc) is 3.41. The molecule has 1 atom stereocenters. The van der Waals surface area contributed by atoms with Gasteiger partial charge in [-0.2, -0.15) is 4.99 Å². The van der Waals surface area contributed by atoms with Crippen LogP contribution in [0.15, 0.2) is 34.6 Å². The van der Waals surface area contributed by atoms with Gasteiger partial charge in [-0.05, 0) is 43.4 Å². The number of anilines is 2. The van der Waals surface area contributed by atoms with Gasteiger partial charge in [0.25, 0.3) is 11.8 Å². The van der Waals surface area contributed by atoms with Crippen molar-refractivity contribution in [3.63, 3.8) is 0 Å². The number of piperidine rings is 1. The fraction of sp³-hybridized carbons (Fsp3) is 0.435. The number of aromatic nitrogens is 1. The lowest BCUT2D eigenvalue weighted by molar-refractivity contribution is -0.121. The van der Waals surface area contributed by atoms with Crippen molar-refractivity contribution in [2.45, 2.75) is 50.7 Å². The predicted octanol–water partition coefficient (Wildman–Crippen LogP) is 4.33. The Labute approximate surface area is 201 Å². The summed E-state index contributed by atoms with van der Waals surface area (Å²) >= 11 is 2.76. The zero-order valence-corrected chi connectivity index (χ0v) is 20.3. The second-order valence-electron chi connectivity index (χ2n) is 8.41. The van der Waals surface area contributed by atoms with Crippen LogP contribution < -0.4 is 10.6 Å². The Hall–Kier alpha value is -2.72. The number of amidine groups is 1. The summed E-state index contributed by atoms with van der Waals surface area (Å²) in [6, 6.07) is 6.72. The molecule has 0 bridgehead atoms. The van der Waals surface area contributed by atoms with E-state index in [-0.39, 0.29) is 30.1 Å². The molecule has 0 aliphatic carbocycles. The molecule has 0 saturated carbocycles. The van der Waals surface area contributed by atoms with Crippen molar-refractivity contribution >= 4 is 56.8 Å². The highest BCUT2D eigenvalue weighted by Crippen LogP contribution is 2.29. The molecule has 8 nitrogen and oxygen atoms in total. The van der Waals surface area contributed by atoms with Gasteiger partial charge in [-0.1, -0.05) is 31.7 Å². The van der Waals surface area contributed by atoms with Gasteiger partial charge in [0.05, 0.1) is 5.69 Å². The van der Waals surface area contributed by atoms with E-state index in [1.165, 1.54) is 29.5 Å². The van der Waals surface area contributed by atoms with Crippen molar-refractivity contribution in [1.82, 2.24) is 9.88 Å². The molecule has 33 heavy (non-hydrogen) atoms. The maximum absolute atomic E-state index is 12.6. The Kier molecular flexibility index (Phi) is 7.44. The van der Waals surface area contributed by atoms with E-state index >= 15 is 0 Å². The van der Waals surface area contributed by atoms with E-state index < -0.39 is 5.25 Å². The number of carbonyl (C=O) groups excluding carboxylic acids is 3. The number of hydrogen-bond acceptors (Lipinski definition) is 7. The third-order valence-corrected chi connectivity index (χ3v) is 7.46. The Morgan fingerprint density at radius 3 is 2.70 bits per heavy atom. The Morgan fingerprint density at radius 2 is 1.97 bits per heavy atom. The minimum atomic E-state index is -0.506. The Morgan fingerprint density at radius 1 is 1.18 bits per heavy atom. The number of likely N-dealkylation sites (tertiary alicyclic amines) is 1. The second-order valence-corrected chi connectivity index (χ2v) is 10.4. The van der Waals surface area contributed by atoms with Gasteiger partial charge >= 0.3 is 0 Å². The Bertz CT molecular complexity index is 1080. The van der Waals surface area contributed by atoms with E-state index in [0.717, 1.165) is 36.8 Å². The van der Waals surface area contributed by atoms with Gasteiger partial charge in [-0.25, -0.2) is 4.98 Å². The molecule has 0 radical (unpaired) electrons. The first-order chi connectivity index (χ1) is 15.9. The number of nitrogens with zero attached hydrogens (tertiary/aromatic N) is 3. The number of amides is 3. The van der Waals surface area contributed by atoms with E-state index in [2.05, 4.69) is 25.5 Å². The van der Waals surface area contributed by atoms with Crippen LogP contribution in [0.5, 0.6) is 0 Å². The van der Waals surface area contributed by atoms with Gasteiger partial charge in [0.15, 0.2) is 10.3 Å². The number of hydrogen-bond donors (Lipinski definition) is 2. The number of thiazole rings is 1. The summed E-state index contributed by atoms with van der Waals surface area (Å²) in [6.45, 7) is 5.91. The first-order valence-electron chi connectivity index (χ1n) is 11.1. The third kappa shape index (κ3) is 6.00. The molecule has 0 unspecified atom stereocenters. The van der Waals surface area contributed by atoms with Crippen molar-refractivity contribution in [2.75, 3.05) is 23.7 Å². The fourth-order valence-corrected chi connectivity index (χ4v) is 5.61. The minimum absolute atomic E-state index is 0.0395. The van der Waals surface area contributed by atoms with Gasteiger partial charge < -0.3 is 10.2 Å². The van der Waals surface area contributed by atoms with Gasteiger partial charge in [0.2, 0.25) is 5.91 Å². The molecule has 4 rings (SSSR count). The number of nitrogens with one attached hydrogen (secondary N) is 2. The second kappa shape index (κ2) is 10.5. The van der Waals surface area contributed by atoms with Crippen LogP contribution in [0.1, 0.15) is 61.5 Å². The summed E-state index contributed by atoms with van der Waals surface area (Å²) in [7, 11) is 0. The van der Waals surface area contributed by atoms with Crippen LogP contribution >= 0.6 is 23.1 Å². The van der Waals surface area contributed by atoms with Gasteiger partial charge in [0.1, 0.15) is 5.25 Å². The molecule has 2 aliphatic rings. The average molecular weight is 486 g/mol. The Balaban J connectivity index is 1.32. The minimum Gasteiger partial charge on any atom is -0.351 e. The molecule has 1 aromatic heterocycles. The highest BCUT2D eigenvalue weighted by molar-refractivity contribution is 8.15. The van der Waals surface area contributed by atoms with Crippen molar-refractivity contribution in [1.29, 1.82) is 0 Å². The molecule has 2 aliphatic heterocycles. The zero-order valence-electron chi connectivity index (χ0n) is 18.7. The van der Waals surface area contributed by atoms with Crippen LogP contribution in [0.2, 0.25) is 0 Å². The lowest BCUT2D eigenvalue weighted by Gasteiger charge is -2.27. The first kappa shape index (κ1) is 23.4. The fourth-order valence-electron chi connectivity index (χ4n) is 3.63. The predicted molar refractivity (Wildman–Crippen MR) is 133 cm³/mol. The van der Waals surface area contributed by atoms with Crippen molar-refractivity contribution in [3.05, 3.63) is 40.9 Å². The molecule has 174 valence electrons. The van der Waals surface area contributed by atoms with E-state index in [1.54, 1.807) is 24.3 Å². The van der Waals surface area contributed by atoms with E-state index in [9.17, 15) is 14.4 Å². The molecular weight excluding hydrogens is 458 g/mol. The monoisotopic (exact) mass is 485 g/mol. The highest BCUT2D eigenvalue weighted by atomic mass is 32.2. The van der Waals surface area contributed by atoms with E-state index in [1.807, 2.05) is 19.2 Å². The van der Waals surface area contributed by atoms with Crippen molar-refractivity contribution < 1.29 is 14.4 Å². The van der Waals surface area contributed by atoms with Crippen molar-refractivity contribution in [3.8, 4) is 0 Å². The SMILES string of the molecule is CC(C)c1csc(NC(=O)c2cccc(NC(=O)C[C@@H]3SC(N4CCCCC4)=NC3=O)c2)n1. The largest absolute Gasteiger partial charge is 0.351 e. The molecule has 1 aromatic carbocycles. The molecule has 1 saturated heterocycles. The highest BCUT2D eigenvalue weighted by Gasteiger charge is 2.33. The molecule has 2 aromatic rings. The third-order valence-electron chi connectivity index (χ3n) is 5.47. The number of carbonyl (C=O) groups is 3. The topological polar surface area (TPSA) is 104 Å². The smallest absolute Gasteiger partial charge is 0.262 e. The van der Waals surface area contributed by atoms with Crippen LogP contribution in [-0.2, 0) is 9.59 Å². The molecular formula is C23H27N5O3S2. The summed E-state index contributed by atoms with van der Waals surface area (Å²) in [5.74, 6) is -0.545. The lowest BCUT2D eigenvalue weighted by atomic mass is 10.1. The molecule has 10 heteroatoms. The molecule has 0 spiro atoms. The van der Waals surface area contributed by atoms with Crippen LogP contribution in [0.4, 0.5) is 10.8 Å². The standard InChI is InChI=1S/C23H27N5O3S2/c1-14(2)17-13-32-22(25-17)26-20(30)15-7-6-8-16(11-15)24-19(29)12-18-21(31)27-23(33-18)28-9-4-3-5-10-28/h6-8,11,13-14,18H,3-5,9-10,12H2,1-2H3,(H,24,29)(H,25,26,30)/t18-/m0/s1. The van der Waals surface area contributed by atoms with Crippen LogP contribution in [-0.4, -0.2) is 51.1 Å². The van der Waals surface area contributed by atoms with Crippen LogP contribution in [0.3, 0.4) is 0 Å². The maximum atomic E-state index is 12.6. The summed E-state index contributed by atoms with van der Waals surface area (Å²) < 4.78 is 0. The number of thioether (sulfide) groups is 1. The summed E-state index contributed by atoms with van der Waals surface area (Å²) in [4.78, 5) is 48.2. The summed E-state index contributed by atoms with van der Waals surface area (Å²) in [6.07, 6.45) is 3.44. The summed E-state index contributed by atoms with van der Waals surface area (Å²) in [5, 5.41) is 8.30. The van der Waals surface area contributed by atoms with Gasteiger partial charge in [-0.3, -0.25) is 19.7 Å². The normalized spacial score (nSPS) is 18.4. The maximum Gasteiger partial charge on any atom is 0.262 e. The first-order valence-corrected chi connectivity index (χ1v) is 12.9. The molecule has 1 fully saturated rings.